The van der Waals surface area contributed by atoms with Gasteiger partial charge in [0.25, 0.3) is 11.7 Å². The van der Waals surface area contributed by atoms with Crippen LogP contribution in [-0.2, 0) is 16.0 Å². The zero-order valence-electron chi connectivity index (χ0n) is 18.7. The van der Waals surface area contributed by atoms with E-state index in [1.807, 2.05) is 61.7 Å². The number of benzene rings is 3. The van der Waals surface area contributed by atoms with Crippen molar-refractivity contribution in [1.82, 2.24) is 9.88 Å². The highest BCUT2D eigenvalue weighted by Crippen LogP contribution is 2.40. The Morgan fingerprint density at radius 2 is 1.76 bits per heavy atom. The van der Waals surface area contributed by atoms with Gasteiger partial charge in [-0.05, 0) is 42.7 Å². The number of nitrogens with zero attached hydrogens (tertiary/aromatic N) is 1. The van der Waals surface area contributed by atoms with Crippen molar-refractivity contribution in [3.05, 3.63) is 107 Å². The van der Waals surface area contributed by atoms with E-state index >= 15 is 0 Å². The first-order valence-corrected chi connectivity index (χ1v) is 11.1. The highest BCUT2D eigenvalue weighted by Gasteiger charge is 2.45. The summed E-state index contributed by atoms with van der Waals surface area (Å²) in [5.74, 6) is -1.71. The van der Waals surface area contributed by atoms with Gasteiger partial charge in [-0.15, -0.1) is 0 Å². The second-order valence-electron chi connectivity index (χ2n) is 8.56. The third kappa shape index (κ3) is 3.73. The van der Waals surface area contributed by atoms with E-state index in [4.69, 9.17) is 0 Å². The number of H-pyrrole nitrogens is 1. The number of Topliss-reactive ketones (excluding diaryl/α,β-unsaturated/α-hetero) is 1. The van der Waals surface area contributed by atoms with Gasteiger partial charge in [-0.1, -0.05) is 60.2 Å². The molecule has 34 heavy (non-hydrogen) atoms. The van der Waals surface area contributed by atoms with Crippen LogP contribution in [-0.4, -0.2) is 38.3 Å². The summed E-state index contributed by atoms with van der Waals surface area (Å²) in [7, 11) is 0. The lowest BCUT2D eigenvalue weighted by molar-refractivity contribution is -0.139. The molecule has 1 saturated heterocycles. The van der Waals surface area contributed by atoms with Crippen molar-refractivity contribution in [3.8, 4) is 5.75 Å². The van der Waals surface area contributed by atoms with Crippen LogP contribution in [0.4, 0.5) is 0 Å². The number of aromatic hydroxyl groups is 1. The standard InChI is InChI=1S/C28H24N2O4/c1-17-9-11-18(12-10-17)25-24(26(32)19-5-4-6-21(31)15-19)27(33)28(34)30(25)14-13-20-16-29-23-8-3-2-7-22(20)23/h2-12,15-16,25,29,31-32H,13-14H2,1H3. The molecule has 0 spiro atoms. The Morgan fingerprint density at radius 1 is 1.00 bits per heavy atom. The number of rotatable bonds is 5. The number of likely N-dealkylation sites (tertiary alicyclic amines) is 1. The quantitative estimate of drug-likeness (QED) is 0.229. The number of para-hydroxylation sites is 1. The molecule has 0 radical (unpaired) electrons. The number of carbonyl (C=O) groups excluding carboxylic acids is 2. The van der Waals surface area contributed by atoms with Gasteiger partial charge < -0.3 is 20.1 Å². The number of aromatic nitrogens is 1. The summed E-state index contributed by atoms with van der Waals surface area (Å²) in [6.07, 6.45) is 2.47. The Hall–Kier alpha value is -4.32. The lowest BCUT2D eigenvalue weighted by Gasteiger charge is -2.25. The van der Waals surface area contributed by atoms with Crippen LogP contribution in [0, 0.1) is 6.92 Å². The Morgan fingerprint density at radius 3 is 2.53 bits per heavy atom. The average molecular weight is 453 g/mol. The van der Waals surface area contributed by atoms with Gasteiger partial charge in [0.2, 0.25) is 0 Å². The predicted octanol–water partition coefficient (Wildman–Crippen LogP) is 4.85. The molecular formula is C28H24N2O4. The van der Waals surface area contributed by atoms with Crippen molar-refractivity contribution in [2.75, 3.05) is 6.54 Å². The molecule has 3 N–H and O–H groups in total. The monoisotopic (exact) mass is 452 g/mol. The topological polar surface area (TPSA) is 93.6 Å². The van der Waals surface area contributed by atoms with Gasteiger partial charge in [0, 0.05) is 29.2 Å². The van der Waals surface area contributed by atoms with Crippen LogP contribution in [0.25, 0.3) is 16.7 Å². The second-order valence-corrected chi connectivity index (χ2v) is 8.56. The van der Waals surface area contributed by atoms with Crippen LogP contribution in [0.5, 0.6) is 5.75 Å². The Labute approximate surface area is 196 Å². The molecule has 0 bridgehead atoms. The Balaban J connectivity index is 1.57. The van der Waals surface area contributed by atoms with Crippen LogP contribution in [0.2, 0.25) is 0 Å². The molecule has 0 aliphatic carbocycles. The number of nitrogens with one attached hydrogen (secondary N) is 1. The number of ketones is 1. The van der Waals surface area contributed by atoms with E-state index in [0.29, 0.717) is 13.0 Å². The van der Waals surface area contributed by atoms with Crippen molar-refractivity contribution in [2.24, 2.45) is 0 Å². The van der Waals surface area contributed by atoms with Crippen LogP contribution >= 0.6 is 0 Å². The van der Waals surface area contributed by atoms with E-state index < -0.39 is 17.7 Å². The highest BCUT2D eigenvalue weighted by atomic mass is 16.3. The molecule has 1 aromatic heterocycles. The molecule has 4 aromatic rings. The van der Waals surface area contributed by atoms with Crippen LogP contribution in [0.1, 0.15) is 28.3 Å². The van der Waals surface area contributed by atoms with Gasteiger partial charge in [0.05, 0.1) is 11.6 Å². The molecule has 3 aromatic carbocycles. The smallest absolute Gasteiger partial charge is 0.295 e. The van der Waals surface area contributed by atoms with E-state index in [0.717, 1.165) is 27.6 Å². The number of aryl methyl sites for hydroxylation is 1. The van der Waals surface area contributed by atoms with Crippen LogP contribution < -0.4 is 0 Å². The van der Waals surface area contributed by atoms with Crippen molar-refractivity contribution < 1.29 is 19.8 Å². The summed E-state index contributed by atoms with van der Waals surface area (Å²) in [5.41, 5.74) is 4.16. The molecule has 1 aliphatic rings. The summed E-state index contributed by atoms with van der Waals surface area (Å²) in [6, 6.07) is 20.8. The molecule has 2 heterocycles. The fourth-order valence-corrected chi connectivity index (χ4v) is 4.59. The zero-order valence-corrected chi connectivity index (χ0v) is 18.7. The van der Waals surface area contributed by atoms with Gasteiger partial charge in [0.1, 0.15) is 11.5 Å². The van der Waals surface area contributed by atoms with Crippen molar-refractivity contribution >= 4 is 28.4 Å². The summed E-state index contributed by atoms with van der Waals surface area (Å²) in [5, 5.41) is 22.0. The molecular weight excluding hydrogens is 428 g/mol. The fourth-order valence-electron chi connectivity index (χ4n) is 4.59. The molecule has 1 fully saturated rings. The van der Waals surface area contributed by atoms with E-state index in [-0.39, 0.29) is 22.6 Å². The number of phenols is 1. The third-order valence-electron chi connectivity index (χ3n) is 6.35. The zero-order chi connectivity index (χ0) is 23.8. The first-order chi connectivity index (χ1) is 16.4. The molecule has 5 rings (SSSR count). The largest absolute Gasteiger partial charge is 0.508 e. The predicted molar refractivity (Wildman–Crippen MR) is 130 cm³/mol. The number of phenolic OH excluding ortho intramolecular Hbond substituents is 1. The molecule has 6 nitrogen and oxygen atoms in total. The molecule has 1 aliphatic heterocycles. The van der Waals surface area contributed by atoms with Crippen molar-refractivity contribution in [1.29, 1.82) is 0 Å². The number of hydrogen-bond donors (Lipinski definition) is 3. The Bertz CT molecular complexity index is 1430. The van der Waals surface area contributed by atoms with Gasteiger partial charge in [-0.2, -0.15) is 0 Å². The number of aliphatic hydroxyl groups excluding tert-OH is 1. The first-order valence-electron chi connectivity index (χ1n) is 11.1. The number of aliphatic hydroxyl groups is 1. The maximum Gasteiger partial charge on any atom is 0.295 e. The molecule has 0 saturated carbocycles. The van der Waals surface area contributed by atoms with Gasteiger partial charge in [-0.3, -0.25) is 9.59 Å². The van der Waals surface area contributed by atoms with Crippen molar-refractivity contribution in [3.63, 3.8) is 0 Å². The number of hydrogen-bond acceptors (Lipinski definition) is 4. The fraction of sp³-hybridized carbons (Fsp3) is 0.143. The van der Waals surface area contributed by atoms with Crippen LogP contribution in [0.15, 0.2) is 84.6 Å². The van der Waals surface area contributed by atoms with E-state index in [1.54, 1.807) is 12.1 Å². The number of carbonyl (C=O) groups is 2. The van der Waals surface area contributed by atoms with Gasteiger partial charge >= 0.3 is 0 Å². The van der Waals surface area contributed by atoms with Gasteiger partial charge in [0.15, 0.2) is 0 Å². The highest BCUT2D eigenvalue weighted by molar-refractivity contribution is 6.46. The minimum atomic E-state index is -0.731. The summed E-state index contributed by atoms with van der Waals surface area (Å²) in [4.78, 5) is 31.1. The molecule has 1 amide bonds. The van der Waals surface area contributed by atoms with E-state index in [1.165, 1.54) is 17.0 Å². The minimum Gasteiger partial charge on any atom is -0.508 e. The normalized spacial score (nSPS) is 17.6. The lowest BCUT2D eigenvalue weighted by atomic mass is 9.94. The summed E-state index contributed by atoms with van der Waals surface area (Å²) in [6.45, 7) is 2.27. The number of amides is 1. The summed E-state index contributed by atoms with van der Waals surface area (Å²) >= 11 is 0. The number of fused-ring (bicyclic) bond motifs is 1. The maximum atomic E-state index is 13.2. The first kappa shape index (κ1) is 21.5. The average Bonchev–Trinajstić information content (AvgIpc) is 3.36. The number of aromatic amines is 1. The van der Waals surface area contributed by atoms with Crippen LogP contribution in [0.3, 0.4) is 0 Å². The Kier molecular flexibility index (Phi) is 5.42. The summed E-state index contributed by atoms with van der Waals surface area (Å²) < 4.78 is 0. The SMILES string of the molecule is Cc1ccc(C2C(=C(O)c3cccc(O)c3)C(=O)C(=O)N2CCc2c[nH]c3ccccc23)cc1. The third-order valence-corrected chi connectivity index (χ3v) is 6.35. The van der Waals surface area contributed by atoms with Gasteiger partial charge in [-0.25, -0.2) is 0 Å². The van der Waals surface area contributed by atoms with Crippen molar-refractivity contribution in [2.45, 2.75) is 19.4 Å². The molecule has 170 valence electrons. The maximum absolute atomic E-state index is 13.2. The van der Waals surface area contributed by atoms with E-state index in [9.17, 15) is 19.8 Å². The minimum absolute atomic E-state index is 0.0263. The molecule has 1 atom stereocenters. The lowest BCUT2D eigenvalue weighted by Crippen LogP contribution is -2.31. The van der Waals surface area contributed by atoms with E-state index in [2.05, 4.69) is 4.98 Å². The molecule has 6 heteroatoms. The molecule has 1 unspecified atom stereocenters. The second kappa shape index (κ2) is 8.56.